The van der Waals surface area contributed by atoms with Gasteiger partial charge in [0.2, 0.25) is 0 Å². The Morgan fingerprint density at radius 1 is 1.61 bits per heavy atom. The van der Waals surface area contributed by atoms with Crippen LogP contribution in [0.25, 0.3) is 0 Å². The minimum Gasteiger partial charge on any atom is -0.388 e. The Hall–Kier alpha value is -1.20. The highest BCUT2D eigenvalue weighted by Gasteiger charge is 2.18. The van der Waals surface area contributed by atoms with Crippen LogP contribution in [0.5, 0.6) is 0 Å². The number of hydrogen-bond donors (Lipinski definition) is 1. The highest BCUT2D eigenvalue weighted by atomic mass is 32.1. The van der Waals surface area contributed by atoms with E-state index >= 15 is 0 Å². The minimum atomic E-state index is 0.337. The van der Waals surface area contributed by atoms with Crippen molar-refractivity contribution in [1.82, 2.24) is 4.98 Å². The topological polar surface area (TPSA) is 51.4 Å². The van der Waals surface area contributed by atoms with Gasteiger partial charge in [0.15, 0.2) is 0 Å². The van der Waals surface area contributed by atoms with Crippen LogP contribution in [0, 0.1) is 0 Å². The van der Waals surface area contributed by atoms with E-state index in [0.29, 0.717) is 16.8 Å². The number of likely N-dealkylation sites (N-methyl/N-ethyl adjacent to an activating group) is 1. The molecule has 1 aromatic heterocycles. The molecule has 0 radical (unpaired) electrons. The molecule has 2 heterocycles. The Kier molecular flexibility index (Phi) is 4.49. The second-order valence-corrected chi connectivity index (χ2v) is 4.88. The molecule has 98 valence electrons. The quantitative estimate of drug-likeness (QED) is 0.822. The third-order valence-electron chi connectivity index (χ3n) is 3.20. The monoisotopic (exact) mass is 265 g/mol. The molecule has 0 spiro atoms. The molecule has 1 saturated heterocycles. The molecule has 0 aliphatic carbocycles. The SMILES string of the molecule is CCN(CC1CCCO1)c1ccc(C(N)=S)nc1. The van der Waals surface area contributed by atoms with Crippen LogP contribution in [0.4, 0.5) is 5.69 Å². The van der Waals surface area contributed by atoms with Crippen LogP contribution in [0.3, 0.4) is 0 Å². The molecular formula is C13H19N3OS. The molecule has 0 aromatic carbocycles. The van der Waals surface area contributed by atoms with Gasteiger partial charge in [-0.1, -0.05) is 12.2 Å². The van der Waals surface area contributed by atoms with Gasteiger partial charge in [-0.15, -0.1) is 0 Å². The van der Waals surface area contributed by atoms with Gasteiger partial charge < -0.3 is 15.4 Å². The normalized spacial score (nSPS) is 18.8. The molecule has 18 heavy (non-hydrogen) atoms. The first-order chi connectivity index (χ1) is 8.70. The first-order valence-corrected chi connectivity index (χ1v) is 6.74. The second kappa shape index (κ2) is 6.11. The predicted octanol–water partition coefficient (Wildman–Crippen LogP) is 1.72. The summed E-state index contributed by atoms with van der Waals surface area (Å²) in [5.41, 5.74) is 7.30. The molecule has 2 rings (SSSR count). The highest BCUT2D eigenvalue weighted by molar-refractivity contribution is 7.80. The summed E-state index contributed by atoms with van der Waals surface area (Å²) in [7, 11) is 0. The Bertz CT molecular complexity index is 401. The van der Waals surface area contributed by atoms with Crippen LogP contribution < -0.4 is 10.6 Å². The van der Waals surface area contributed by atoms with Crippen molar-refractivity contribution in [1.29, 1.82) is 0 Å². The Labute approximate surface area is 113 Å². The van der Waals surface area contributed by atoms with E-state index in [1.807, 2.05) is 18.3 Å². The van der Waals surface area contributed by atoms with E-state index in [9.17, 15) is 0 Å². The van der Waals surface area contributed by atoms with Crippen LogP contribution in [0.1, 0.15) is 25.5 Å². The summed E-state index contributed by atoms with van der Waals surface area (Å²) in [6, 6.07) is 3.88. The molecule has 1 aromatic rings. The van der Waals surface area contributed by atoms with E-state index in [1.54, 1.807) is 0 Å². The zero-order valence-electron chi connectivity index (χ0n) is 10.6. The Balaban J connectivity index is 2.04. The van der Waals surface area contributed by atoms with E-state index in [0.717, 1.165) is 31.8 Å². The van der Waals surface area contributed by atoms with Crippen LogP contribution in [0.2, 0.25) is 0 Å². The molecule has 1 fully saturated rings. The number of rotatable bonds is 5. The van der Waals surface area contributed by atoms with Gasteiger partial charge in [-0.3, -0.25) is 4.98 Å². The number of aromatic nitrogens is 1. The zero-order valence-corrected chi connectivity index (χ0v) is 11.4. The molecule has 0 saturated carbocycles. The van der Waals surface area contributed by atoms with Crippen LogP contribution in [0.15, 0.2) is 18.3 Å². The molecule has 1 aliphatic heterocycles. The maximum absolute atomic E-state index is 5.67. The summed E-state index contributed by atoms with van der Waals surface area (Å²) in [6.07, 6.45) is 4.49. The summed E-state index contributed by atoms with van der Waals surface area (Å²) >= 11 is 4.90. The number of nitrogens with two attached hydrogens (primary N) is 1. The number of pyridine rings is 1. The maximum atomic E-state index is 5.67. The third kappa shape index (κ3) is 3.17. The highest BCUT2D eigenvalue weighted by Crippen LogP contribution is 2.18. The van der Waals surface area contributed by atoms with Crippen molar-refractivity contribution in [3.8, 4) is 0 Å². The summed E-state index contributed by atoms with van der Waals surface area (Å²) in [5.74, 6) is 0. The van der Waals surface area contributed by atoms with E-state index < -0.39 is 0 Å². The Morgan fingerprint density at radius 2 is 2.44 bits per heavy atom. The summed E-state index contributed by atoms with van der Waals surface area (Å²) in [4.78, 5) is 6.88. The van der Waals surface area contributed by atoms with Crippen molar-refractivity contribution >= 4 is 22.9 Å². The fraction of sp³-hybridized carbons (Fsp3) is 0.538. The third-order valence-corrected chi connectivity index (χ3v) is 3.40. The average molecular weight is 265 g/mol. The van der Waals surface area contributed by atoms with Crippen molar-refractivity contribution in [2.75, 3.05) is 24.6 Å². The van der Waals surface area contributed by atoms with Crippen molar-refractivity contribution in [2.24, 2.45) is 5.73 Å². The molecule has 5 heteroatoms. The number of ether oxygens (including phenoxy) is 1. The van der Waals surface area contributed by atoms with Crippen LogP contribution >= 0.6 is 12.2 Å². The van der Waals surface area contributed by atoms with Gasteiger partial charge in [-0.2, -0.15) is 0 Å². The van der Waals surface area contributed by atoms with Crippen LogP contribution in [-0.4, -0.2) is 35.8 Å². The maximum Gasteiger partial charge on any atom is 0.122 e. The van der Waals surface area contributed by atoms with Crippen LogP contribution in [-0.2, 0) is 4.74 Å². The summed E-state index contributed by atoms with van der Waals surface area (Å²) in [5, 5.41) is 0. The summed E-state index contributed by atoms with van der Waals surface area (Å²) < 4.78 is 5.67. The standard InChI is InChI=1S/C13H19N3OS/c1-2-16(9-11-4-3-7-17-11)10-5-6-12(13(14)18)15-8-10/h5-6,8,11H,2-4,7,9H2,1H3,(H2,14,18). The molecule has 2 N–H and O–H groups in total. The van der Waals surface area contributed by atoms with Gasteiger partial charge >= 0.3 is 0 Å². The predicted molar refractivity (Wildman–Crippen MR) is 77.0 cm³/mol. The Morgan fingerprint density at radius 3 is 2.94 bits per heavy atom. The van der Waals surface area contributed by atoms with Gasteiger partial charge in [0.05, 0.1) is 23.7 Å². The van der Waals surface area contributed by atoms with Gasteiger partial charge in [0.1, 0.15) is 4.99 Å². The second-order valence-electron chi connectivity index (χ2n) is 4.44. The van der Waals surface area contributed by atoms with Crippen molar-refractivity contribution in [3.63, 3.8) is 0 Å². The molecule has 1 atom stereocenters. The smallest absolute Gasteiger partial charge is 0.122 e. The lowest BCUT2D eigenvalue weighted by Gasteiger charge is -2.25. The number of thiocarbonyl (C=S) groups is 1. The molecule has 4 nitrogen and oxygen atoms in total. The van der Waals surface area contributed by atoms with Gasteiger partial charge in [-0.25, -0.2) is 0 Å². The molecule has 0 amide bonds. The van der Waals surface area contributed by atoms with Crippen molar-refractivity contribution in [2.45, 2.75) is 25.9 Å². The van der Waals surface area contributed by atoms with E-state index in [2.05, 4.69) is 16.8 Å². The first kappa shape index (κ1) is 13.2. The van der Waals surface area contributed by atoms with Crippen molar-refractivity contribution < 1.29 is 4.74 Å². The van der Waals surface area contributed by atoms with E-state index in [-0.39, 0.29) is 0 Å². The van der Waals surface area contributed by atoms with E-state index in [4.69, 9.17) is 22.7 Å². The molecule has 0 bridgehead atoms. The molecular weight excluding hydrogens is 246 g/mol. The fourth-order valence-electron chi connectivity index (χ4n) is 2.17. The summed E-state index contributed by atoms with van der Waals surface area (Å²) in [6.45, 7) is 4.88. The largest absolute Gasteiger partial charge is 0.388 e. The first-order valence-electron chi connectivity index (χ1n) is 6.33. The van der Waals surface area contributed by atoms with Gasteiger partial charge in [-0.05, 0) is 31.9 Å². The van der Waals surface area contributed by atoms with Gasteiger partial charge in [0, 0.05) is 19.7 Å². The zero-order chi connectivity index (χ0) is 13.0. The van der Waals surface area contributed by atoms with Crippen molar-refractivity contribution in [3.05, 3.63) is 24.0 Å². The number of anilines is 1. The molecule has 1 aliphatic rings. The number of hydrogen-bond acceptors (Lipinski definition) is 4. The lowest BCUT2D eigenvalue weighted by molar-refractivity contribution is 0.115. The molecule has 1 unspecified atom stereocenters. The minimum absolute atomic E-state index is 0.337. The fourth-order valence-corrected chi connectivity index (χ4v) is 2.29. The van der Waals surface area contributed by atoms with E-state index in [1.165, 1.54) is 6.42 Å². The lowest BCUT2D eigenvalue weighted by atomic mass is 10.2. The van der Waals surface area contributed by atoms with Gasteiger partial charge in [0.25, 0.3) is 0 Å². The lowest BCUT2D eigenvalue weighted by Crippen LogP contribution is -2.32. The average Bonchev–Trinajstić information content (AvgIpc) is 2.89. The number of nitrogens with zero attached hydrogens (tertiary/aromatic N) is 2.